The van der Waals surface area contributed by atoms with Crippen LogP contribution in [-0.4, -0.2) is 23.0 Å². The first-order chi connectivity index (χ1) is 9.78. The minimum Gasteiger partial charge on any atom is -0.480 e. The largest absolute Gasteiger partial charge is 0.480 e. The van der Waals surface area contributed by atoms with Gasteiger partial charge in [-0.2, -0.15) is 0 Å². The Balaban J connectivity index is 2.89. The van der Waals surface area contributed by atoms with E-state index in [0.29, 0.717) is 0 Å². The third kappa shape index (κ3) is 4.70. The average Bonchev–Trinajstić information content (AvgIpc) is 2.43. The molecular formula is C16H20BrNO3. The molecule has 0 heterocycles. The van der Waals surface area contributed by atoms with Crippen LogP contribution in [0.4, 0.5) is 0 Å². The maximum absolute atomic E-state index is 12.4. The maximum atomic E-state index is 12.4. The number of hydrogen-bond donors (Lipinski definition) is 2. The molecule has 1 atom stereocenters. The summed E-state index contributed by atoms with van der Waals surface area (Å²) in [5, 5.41) is 11.8. The number of rotatable bonds is 6. The number of carboxylic acids is 1. The van der Waals surface area contributed by atoms with Gasteiger partial charge in [-0.15, -0.1) is 0 Å². The van der Waals surface area contributed by atoms with Gasteiger partial charge in [-0.1, -0.05) is 40.2 Å². The summed E-state index contributed by atoms with van der Waals surface area (Å²) >= 11 is 3.35. The fourth-order valence-electron chi connectivity index (χ4n) is 1.83. The second-order valence-corrected chi connectivity index (χ2v) is 6.22. The van der Waals surface area contributed by atoms with Crippen LogP contribution in [0.1, 0.15) is 32.8 Å². The Morgan fingerprint density at radius 2 is 1.90 bits per heavy atom. The monoisotopic (exact) mass is 353 g/mol. The number of carboxylic acid groups (broad SMARTS) is 1. The van der Waals surface area contributed by atoms with E-state index >= 15 is 0 Å². The third-order valence-electron chi connectivity index (χ3n) is 3.34. The zero-order valence-electron chi connectivity index (χ0n) is 12.4. The highest BCUT2D eigenvalue weighted by molar-refractivity contribution is 9.10. The second-order valence-electron chi connectivity index (χ2n) is 5.30. The number of benzene rings is 1. The van der Waals surface area contributed by atoms with Crippen molar-refractivity contribution in [1.29, 1.82) is 0 Å². The van der Waals surface area contributed by atoms with Gasteiger partial charge in [0.25, 0.3) is 0 Å². The van der Waals surface area contributed by atoms with E-state index in [1.807, 2.05) is 31.2 Å². The molecule has 0 bridgehead atoms. The fraction of sp³-hybridized carbons (Fsp3) is 0.375. The van der Waals surface area contributed by atoms with Crippen LogP contribution in [0.15, 0.2) is 40.9 Å². The molecule has 2 N–H and O–H groups in total. The molecule has 0 fully saturated rings. The van der Waals surface area contributed by atoms with Gasteiger partial charge in [0.15, 0.2) is 0 Å². The molecule has 1 aromatic rings. The third-order valence-corrected chi connectivity index (χ3v) is 3.87. The predicted molar refractivity (Wildman–Crippen MR) is 86.2 cm³/mol. The normalized spacial score (nSPS) is 13.1. The van der Waals surface area contributed by atoms with Crippen LogP contribution in [0.2, 0.25) is 0 Å². The minimum atomic E-state index is -1.03. The van der Waals surface area contributed by atoms with Crippen LogP contribution in [0.5, 0.6) is 0 Å². The van der Waals surface area contributed by atoms with Crippen molar-refractivity contribution in [2.24, 2.45) is 0 Å². The van der Waals surface area contributed by atoms with E-state index in [0.717, 1.165) is 10.0 Å². The Hall–Kier alpha value is -1.62. The fourth-order valence-corrected chi connectivity index (χ4v) is 2.09. The topological polar surface area (TPSA) is 66.4 Å². The number of carbonyl (C=O) groups excluding carboxylic acids is 1. The lowest BCUT2D eigenvalue weighted by atomic mass is 9.83. The van der Waals surface area contributed by atoms with Gasteiger partial charge in [-0.25, -0.2) is 4.79 Å². The number of halogens is 1. The molecule has 21 heavy (non-hydrogen) atoms. The van der Waals surface area contributed by atoms with Gasteiger partial charge in [0.1, 0.15) is 6.04 Å². The van der Waals surface area contributed by atoms with E-state index in [2.05, 4.69) is 21.2 Å². The highest BCUT2D eigenvalue weighted by atomic mass is 79.9. The van der Waals surface area contributed by atoms with Gasteiger partial charge in [0, 0.05) is 4.47 Å². The van der Waals surface area contributed by atoms with Gasteiger partial charge in [-0.05, 0) is 44.9 Å². The highest BCUT2D eigenvalue weighted by Crippen LogP contribution is 2.25. The Labute approximate surface area is 133 Å². The lowest BCUT2D eigenvalue weighted by Crippen LogP contribution is -2.48. The lowest BCUT2D eigenvalue weighted by molar-refractivity contribution is -0.142. The number of carbonyl (C=O) groups is 2. The van der Waals surface area contributed by atoms with Crippen LogP contribution in [-0.2, 0) is 15.0 Å². The highest BCUT2D eigenvalue weighted by Gasteiger charge is 2.32. The summed E-state index contributed by atoms with van der Waals surface area (Å²) in [6, 6.07) is 6.51. The van der Waals surface area contributed by atoms with Crippen molar-refractivity contribution in [2.45, 2.75) is 38.6 Å². The SMILES string of the molecule is C/C=C/CC(NC(=O)C(C)(C)c1ccc(Br)cc1)C(=O)O. The van der Waals surface area contributed by atoms with Crippen molar-refractivity contribution in [2.75, 3.05) is 0 Å². The number of aliphatic carboxylic acids is 1. The zero-order chi connectivity index (χ0) is 16.0. The van der Waals surface area contributed by atoms with Gasteiger partial charge >= 0.3 is 5.97 Å². The Bertz CT molecular complexity index is 535. The molecule has 4 nitrogen and oxygen atoms in total. The lowest BCUT2D eigenvalue weighted by Gasteiger charge is -2.26. The van der Waals surface area contributed by atoms with E-state index < -0.39 is 17.4 Å². The summed E-state index contributed by atoms with van der Waals surface area (Å²) in [5.41, 5.74) is 0.0306. The van der Waals surface area contributed by atoms with E-state index in [1.54, 1.807) is 26.0 Å². The van der Waals surface area contributed by atoms with Crippen LogP contribution in [0.25, 0.3) is 0 Å². The van der Waals surface area contributed by atoms with Crippen LogP contribution < -0.4 is 5.32 Å². The molecule has 0 aromatic heterocycles. The molecule has 0 saturated carbocycles. The molecule has 0 aliphatic heterocycles. The first-order valence-electron chi connectivity index (χ1n) is 6.70. The van der Waals surface area contributed by atoms with Crippen LogP contribution in [0, 0.1) is 0 Å². The van der Waals surface area contributed by atoms with Crippen molar-refractivity contribution in [3.63, 3.8) is 0 Å². The molecular weight excluding hydrogens is 334 g/mol. The van der Waals surface area contributed by atoms with Crippen molar-refractivity contribution in [3.8, 4) is 0 Å². The average molecular weight is 354 g/mol. The van der Waals surface area contributed by atoms with Gasteiger partial charge in [0.2, 0.25) is 5.91 Å². The summed E-state index contributed by atoms with van der Waals surface area (Å²) in [5.74, 6) is -1.34. The van der Waals surface area contributed by atoms with Crippen LogP contribution >= 0.6 is 15.9 Å². The molecule has 0 saturated heterocycles. The van der Waals surface area contributed by atoms with Gasteiger partial charge in [0.05, 0.1) is 5.41 Å². The molecule has 1 amide bonds. The summed E-state index contributed by atoms with van der Waals surface area (Å²) in [7, 11) is 0. The zero-order valence-corrected chi connectivity index (χ0v) is 14.0. The van der Waals surface area contributed by atoms with Crippen LogP contribution in [0.3, 0.4) is 0 Å². The molecule has 0 radical (unpaired) electrons. The summed E-state index contributed by atoms with van der Waals surface area (Å²) in [4.78, 5) is 23.6. The maximum Gasteiger partial charge on any atom is 0.326 e. The van der Waals surface area contributed by atoms with Crippen molar-refractivity contribution in [1.82, 2.24) is 5.32 Å². The molecule has 0 aliphatic carbocycles. The number of allylic oxidation sites excluding steroid dienone is 1. The number of hydrogen-bond acceptors (Lipinski definition) is 2. The summed E-state index contributed by atoms with van der Waals surface area (Å²) < 4.78 is 0.930. The standard InChI is InChI=1S/C16H20BrNO3/c1-4-5-6-13(14(19)20)18-15(21)16(2,3)11-7-9-12(17)10-8-11/h4-5,7-10,13H,6H2,1-3H3,(H,18,21)(H,19,20)/b5-4+. The molecule has 1 aromatic carbocycles. The summed E-state index contributed by atoms with van der Waals surface area (Å²) in [6.45, 7) is 5.37. The quantitative estimate of drug-likeness (QED) is 0.771. The molecule has 1 rings (SSSR count). The predicted octanol–water partition coefficient (Wildman–Crippen LogP) is 3.26. The van der Waals surface area contributed by atoms with E-state index in [1.165, 1.54) is 0 Å². The van der Waals surface area contributed by atoms with Crippen molar-refractivity contribution >= 4 is 27.8 Å². The Morgan fingerprint density at radius 3 is 2.38 bits per heavy atom. The smallest absolute Gasteiger partial charge is 0.326 e. The Kier molecular flexibility index (Phi) is 6.15. The molecule has 114 valence electrons. The van der Waals surface area contributed by atoms with Gasteiger partial charge < -0.3 is 10.4 Å². The molecule has 0 spiro atoms. The molecule has 0 aliphatic rings. The molecule has 1 unspecified atom stereocenters. The molecule has 5 heteroatoms. The Morgan fingerprint density at radius 1 is 1.33 bits per heavy atom. The second kappa shape index (κ2) is 7.41. The van der Waals surface area contributed by atoms with Gasteiger partial charge in [-0.3, -0.25) is 4.79 Å². The van der Waals surface area contributed by atoms with E-state index in [-0.39, 0.29) is 12.3 Å². The number of amides is 1. The van der Waals surface area contributed by atoms with Crippen molar-refractivity contribution < 1.29 is 14.7 Å². The number of nitrogens with one attached hydrogen (secondary N) is 1. The minimum absolute atomic E-state index is 0.272. The van der Waals surface area contributed by atoms with E-state index in [4.69, 9.17) is 5.11 Å². The van der Waals surface area contributed by atoms with E-state index in [9.17, 15) is 9.59 Å². The first-order valence-corrected chi connectivity index (χ1v) is 7.49. The van der Waals surface area contributed by atoms with Crippen molar-refractivity contribution in [3.05, 3.63) is 46.5 Å². The first kappa shape index (κ1) is 17.4. The summed E-state index contributed by atoms with van der Waals surface area (Å²) in [6.07, 6.45) is 3.77.